The van der Waals surface area contributed by atoms with E-state index >= 15 is 0 Å². The SMILES string of the molecule is CC(C(=O)Cc1ccn(C2CCCC2)n1)S(C)(=O)=O. The largest absolute Gasteiger partial charge is 0.298 e. The molecule has 0 bridgehead atoms. The molecule has 1 unspecified atom stereocenters. The van der Waals surface area contributed by atoms with Crippen LogP contribution in [0.2, 0.25) is 0 Å². The zero-order valence-electron chi connectivity index (χ0n) is 11.4. The Morgan fingerprint density at radius 3 is 2.68 bits per heavy atom. The third kappa shape index (κ3) is 3.43. The summed E-state index contributed by atoms with van der Waals surface area (Å²) in [6.07, 6.45) is 7.79. The van der Waals surface area contributed by atoms with Crippen LogP contribution in [0.25, 0.3) is 0 Å². The topological polar surface area (TPSA) is 69.0 Å². The summed E-state index contributed by atoms with van der Waals surface area (Å²) in [5.74, 6) is -0.292. The van der Waals surface area contributed by atoms with Gasteiger partial charge in [0.15, 0.2) is 15.6 Å². The van der Waals surface area contributed by atoms with Crippen LogP contribution in [0.15, 0.2) is 12.3 Å². The molecule has 0 amide bonds. The number of Topliss-reactive ketones (excluding diaryl/α,β-unsaturated/α-hetero) is 1. The first-order valence-corrected chi connectivity index (χ1v) is 8.59. The Hall–Kier alpha value is -1.17. The minimum absolute atomic E-state index is 0.0912. The maximum atomic E-state index is 11.9. The lowest BCUT2D eigenvalue weighted by molar-refractivity contribution is -0.117. The minimum atomic E-state index is -3.32. The Morgan fingerprint density at radius 2 is 2.11 bits per heavy atom. The van der Waals surface area contributed by atoms with Crippen LogP contribution in [-0.2, 0) is 21.1 Å². The van der Waals surface area contributed by atoms with Crippen LogP contribution in [0.3, 0.4) is 0 Å². The number of sulfone groups is 1. The van der Waals surface area contributed by atoms with E-state index in [1.165, 1.54) is 19.8 Å². The van der Waals surface area contributed by atoms with Gasteiger partial charge in [-0.1, -0.05) is 12.8 Å². The molecule has 0 N–H and O–H groups in total. The molecule has 1 heterocycles. The summed E-state index contributed by atoms with van der Waals surface area (Å²) in [5, 5.41) is 3.44. The monoisotopic (exact) mass is 284 g/mol. The molecule has 1 aliphatic carbocycles. The molecule has 5 nitrogen and oxygen atoms in total. The quantitative estimate of drug-likeness (QED) is 0.822. The molecule has 0 aliphatic heterocycles. The van der Waals surface area contributed by atoms with E-state index in [0.29, 0.717) is 11.7 Å². The first-order valence-electron chi connectivity index (χ1n) is 6.63. The van der Waals surface area contributed by atoms with Crippen LogP contribution in [0.1, 0.15) is 44.3 Å². The van der Waals surface area contributed by atoms with Gasteiger partial charge in [0, 0.05) is 12.5 Å². The number of rotatable bonds is 5. The fourth-order valence-electron chi connectivity index (χ4n) is 2.40. The highest BCUT2D eigenvalue weighted by Crippen LogP contribution is 2.28. The molecule has 0 aromatic carbocycles. The molecule has 1 aromatic rings. The van der Waals surface area contributed by atoms with E-state index in [9.17, 15) is 13.2 Å². The van der Waals surface area contributed by atoms with Crippen molar-refractivity contribution in [2.24, 2.45) is 0 Å². The standard InChI is InChI=1S/C13H20N2O3S/c1-10(19(2,17)18)13(16)9-11-7-8-15(14-11)12-5-3-4-6-12/h7-8,10,12H,3-6,9H2,1-2H3. The van der Waals surface area contributed by atoms with Crippen molar-refractivity contribution in [2.45, 2.75) is 50.3 Å². The maximum Gasteiger partial charge on any atom is 0.157 e. The third-order valence-corrected chi connectivity index (χ3v) is 5.36. The molecule has 19 heavy (non-hydrogen) atoms. The number of carbonyl (C=O) groups is 1. The highest BCUT2D eigenvalue weighted by atomic mass is 32.2. The van der Waals surface area contributed by atoms with Crippen molar-refractivity contribution in [3.63, 3.8) is 0 Å². The summed E-state index contributed by atoms with van der Waals surface area (Å²) in [6.45, 7) is 1.44. The molecule has 1 saturated carbocycles. The van der Waals surface area contributed by atoms with Crippen molar-refractivity contribution < 1.29 is 13.2 Å². The lowest BCUT2D eigenvalue weighted by Crippen LogP contribution is -2.27. The fraction of sp³-hybridized carbons (Fsp3) is 0.692. The summed E-state index contributed by atoms with van der Waals surface area (Å²) >= 11 is 0. The number of hydrogen-bond acceptors (Lipinski definition) is 4. The third-order valence-electron chi connectivity index (χ3n) is 3.81. The van der Waals surface area contributed by atoms with Gasteiger partial charge in [0.2, 0.25) is 0 Å². The molecule has 2 rings (SSSR count). The Balaban J connectivity index is 2.02. The highest BCUT2D eigenvalue weighted by Gasteiger charge is 2.24. The van der Waals surface area contributed by atoms with Gasteiger partial charge in [-0.25, -0.2) is 8.42 Å². The number of aromatic nitrogens is 2. The lowest BCUT2D eigenvalue weighted by Gasteiger charge is -2.09. The summed E-state index contributed by atoms with van der Waals surface area (Å²) in [7, 11) is -3.32. The molecule has 0 spiro atoms. The predicted molar refractivity (Wildman–Crippen MR) is 72.7 cm³/mol. The maximum absolute atomic E-state index is 11.9. The average Bonchev–Trinajstić information content (AvgIpc) is 2.95. The van der Waals surface area contributed by atoms with Gasteiger partial charge in [-0.15, -0.1) is 0 Å². The van der Waals surface area contributed by atoms with Gasteiger partial charge in [-0.05, 0) is 25.8 Å². The molecule has 6 heteroatoms. The van der Waals surface area contributed by atoms with Gasteiger partial charge in [-0.2, -0.15) is 5.10 Å². The first kappa shape index (κ1) is 14.2. The van der Waals surface area contributed by atoms with E-state index in [-0.39, 0.29) is 12.2 Å². The predicted octanol–water partition coefficient (Wildman–Crippen LogP) is 1.54. The molecule has 1 atom stereocenters. The number of hydrogen-bond donors (Lipinski definition) is 0. The van der Waals surface area contributed by atoms with E-state index in [0.717, 1.165) is 19.1 Å². The Kier molecular flexibility index (Phi) is 4.08. The van der Waals surface area contributed by atoms with Crippen LogP contribution in [-0.4, -0.2) is 35.5 Å². The van der Waals surface area contributed by atoms with Crippen LogP contribution >= 0.6 is 0 Å². The lowest BCUT2D eigenvalue weighted by atomic mass is 10.2. The summed E-state index contributed by atoms with van der Waals surface area (Å²) in [5.41, 5.74) is 0.660. The number of nitrogens with zero attached hydrogens (tertiary/aromatic N) is 2. The van der Waals surface area contributed by atoms with Crippen molar-refractivity contribution >= 4 is 15.6 Å². The minimum Gasteiger partial charge on any atom is -0.298 e. The van der Waals surface area contributed by atoms with E-state index in [2.05, 4.69) is 5.10 Å². The smallest absolute Gasteiger partial charge is 0.157 e. The molecule has 1 aromatic heterocycles. The molecular weight excluding hydrogens is 264 g/mol. The van der Waals surface area contributed by atoms with Crippen molar-refractivity contribution in [2.75, 3.05) is 6.26 Å². The van der Waals surface area contributed by atoms with Gasteiger partial charge in [0.25, 0.3) is 0 Å². The molecule has 106 valence electrons. The average molecular weight is 284 g/mol. The molecule has 0 saturated heterocycles. The normalized spacial score (nSPS) is 18.6. The summed E-state index contributed by atoms with van der Waals surface area (Å²) < 4.78 is 24.6. The van der Waals surface area contributed by atoms with Gasteiger partial charge >= 0.3 is 0 Å². The molecule has 0 radical (unpaired) electrons. The number of carbonyl (C=O) groups excluding carboxylic acids is 1. The summed E-state index contributed by atoms with van der Waals surface area (Å²) in [4.78, 5) is 11.9. The van der Waals surface area contributed by atoms with Gasteiger partial charge < -0.3 is 0 Å². The van der Waals surface area contributed by atoms with Crippen LogP contribution in [0, 0.1) is 0 Å². The summed E-state index contributed by atoms with van der Waals surface area (Å²) in [6, 6.07) is 2.25. The Bertz CT molecular complexity index is 556. The molecule has 1 aliphatic rings. The van der Waals surface area contributed by atoms with Crippen molar-refractivity contribution in [3.05, 3.63) is 18.0 Å². The van der Waals surface area contributed by atoms with Crippen LogP contribution in [0.5, 0.6) is 0 Å². The zero-order valence-corrected chi connectivity index (χ0v) is 12.2. The van der Waals surface area contributed by atoms with Crippen molar-refractivity contribution in [3.8, 4) is 0 Å². The van der Waals surface area contributed by atoms with Crippen molar-refractivity contribution in [1.29, 1.82) is 0 Å². The molecular formula is C13H20N2O3S. The molecule has 1 fully saturated rings. The zero-order chi connectivity index (χ0) is 14.0. The second-order valence-electron chi connectivity index (χ2n) is 5.34. The van der Waals surface area contributed by atoms with Gasteiger partial charge in [0.1, 0.15) is 5.25 Å². The number of ketones is 1. The van der Waals surface area contributed by atoms with E-state index in [1.807, 2.05) is 16.9 Å². The van der Waals surface area contributed by atoms with E-state index < -0.39 is 15.1 Å². The van der Waals surface area contributed by atoms with Crippen LogP contribution < -0.4 is 0 Å². The highest BCUT2D eigenvalue weighted by molar-refractivity contribution is 7.92. The Morgan fingerprint density at radius 1 is 1.47 bits per heavy atom. The second kappa shape index (κ2) is 5.45. The van der Waals surface area contributed by atoms with Crippen molar-refractivity contribution in [1.82, 2.24) is 9.78 Å². The second-order valence-corrected chi connectivity index (χ2v) is 7.71. The van der Waals surface area contributed by atoms with Gasteiger partial charge in [-0.3, -0.25) is 9.48 Å². The van der Waals surface area contributed by atoms with Crippen LogP contribution in [0.4, 0.5) is 0 Å². The Labute approximate surface area is 113 Å². The first-order chi connectivity index (χ1) is 8.88. The van der Waals surface area contributed by atoms with E-state index in [4.69, 9.17) is 0 Å². The van der Waals surface area contributed by atoms with E-state index in [1.54, 1.807) is 0 Å². The fourth-order valence-corrected chi connectivity index (χ4v) is 2.97. The van der Waals surface area contributed by atoms with Gasteiger partial charge in [0.05, 0.1) is 18.2 Å².